The van der Waals surface area contributed by atoms with E-state index in [0.717, 1.165) is 19.0 Å². The number of hydrogen-bond donors (Lipinski definition) is 1. The Bertz CT molecular complexity index is 369. The van der Waals surface area contributed by atoms with Crippen molar-refractivity contribution in [1.82, 2.24) is 0 Å². The standard InChI is InChI=1S/C15H24N2/c1-3-10-17(14-5-6-14)15-7-4-13(8-9-16)11-12(15)2/h4,7,11,14H,3,5-6,8-10,16H2,1-2H3. The highest BCUT2D eigenvalue weighted by Gasteiger charge is 2.29. The summed E-state index contributed by atoms with van der Waals surface area (Å²) < 4.78 is 0. The molecule has 0 aliphatic heterocycles. The Morgan fingerprint density at radius 1 is 1.35 bits per heavy atom. The summed E-state index contributed by atoms with van der Waals surface area (Å²) >= 11 is 0. The van der Waals surface area contributed by atoms with Crippen LogP contribution in [0.3, 0.4) is 0 Å². The maximum Gasteiger partial charge on any atom is 0.0398 e. The van der Waals surface area contributed by atoms with Crippen molar-refractivity contribution in [3.63, 3.8) is 0 Å². The van der Waals surface area contributed by atoms with E-state index in [1.807, 2.05) is 0 Å². The van der Waals surface area contributed by atoms with Gasteiger partial charge in [0.05, 0.1) is 0 Å². The molecule has 1 fully saturated rings. The van der Waals surface area contributed by atoms with Crippen LogP contribution in [0.1, 0.15) is 37.3 Å². The van der Waals surface area contributed by atoms with Crippen molar-refractivity contribution in [2.24, 2.45) is 5.73 Å². The van der Waals surface area contributed by atoms with Gasteiger partial charge in [0.1, 0.15) is 0 Å². The van der Waals surface area contributed by atoms with E-state index in [0.29, 0.717) is 0 Å². The number of rotatable bonds is 6. The molecule has 1 aromatic rings. The quantitative estimate of drug-likeness (QED) is 0.817. The first kappa shape index (κ1) is 12.4. The lowest BCUT2D eigenvalue weighted by atomic mass is 10.1. The SMILES string of the molecule is CCCN(c1ccc(CCN)cc1C)C1CC1. The highest BCUT2D eigenvalue weighted by molar-refractivity contribution is 5.56. The fraction of sp³-hybridized carbons (Fsp3) is 0.600. The summed E-state index contributed by atoms with van der Waals surface area (Å²) in [7, 11) is 0. The summed E-state index contributed by atoms with van der Waals surface area (Å²) in [6.07, 6.45) is 4.94. The summed E-state index contributed by atoms with van der Waals surface area (Å²) in [5.74, 6) is 0. The van der Waals surface area contributed by atoms with Gasteiger partial charge in [0.25, 0.3) is 0 Å². The lowest BCUT2D eigenvalue weighted by Gasteiger charge is -2.26. The van der Waals surface area contributed by atoms with Crippen molar-refractivity contribution in [2.45, 2.75) is 45.6 Å². The number of nitrogens with two attached hydrogens (primary N) is 1. The molecule has 2 nitrogen and oxygen atoms in total. The summed E-state index contributed by atoms with van der Waals surface area (Å²) in [4.78, 5) is 2.58. The molecule has 0 atom stereocenters. The third kappa shape index (κ3) is 3.01. The zero-order chi connectivity index (χ0) is 12.3. The minimum absolute atomic E-state index is 0.736. The van der Waals surface area contributed by atoms with Crippen LogP contribution >= 0.6 is 0 Å². The molecule has 0 spiro atoms. The van der Waals surface area contributed by atoms with Crippen molar-refractivity contribution >= 4 is 5.69 Å². The fourth-order valence-electron chi connectivity index (χ4n) is 2.49. The molecule has 2 rings (SSSR count). The zero-order valence-corrected chi connectivity index (χ0v) is 11.1. The minimum atomic E-state index is 0.736. The molecule has 0 radical (unpaired) electrons. The molecule has 1 aliphatic rings. The van der Waals surface area contributed by atoms with Crippen molar-refractivity contribution in [3.8, 4) is 0 Å². The van der Waals surface area contributed by atoms with E-state index in [-0.39, 0.29) is 0 Å². The maximum absolute atomic E-state index is 5.60. The molecule has 2 heteroatoms. The van der Waals surface area contributed by atoms with Gasteiger partial charge >= 0.3 is 0 Å². The molecular weight excluding hydrogens is 208 g/mol. The number of aryl methyl sites for hydroxylation is 1. The van der Waals surface area contributed by atoms with Crippen LogP contribution in [-0.2, 0) is 6.42 Å². The van der Waals surface area contributed by atoms with Gasteiger partial charge in [0.2, 0.25) is 0 Å². The molecule has 94 valence electrons. The molecule has 0 unspecified atom stereocenters. The van der Waals surface area contributed by atoms with E-state index in [4.69, 9.17) is 5.73 Å². The van der Waals surface area contributed by atoms with Crippen LogP contribution in [0.25, 0.3) is 0 Å². The van der Waals surface area contributed by atoms with Gasteiger partial charge in [0.15, 0.2) is 0 Å². The Labute approximate surface area is 105 Å². The average Bonchev–Trinajstić information content (AvgIpc) is 3.11. The van der Waals surface area contributed by atoms with E-state index in [9.17, 15) is 0 Å². The van der Waals surface area contributed by atoms with Crippen LogP contribution in [0.4, 0.5) is 5.69 Å². The highest BCUT2D eigenvalue weighted by Crippen LogP contribution is 2.33. The maximum atomic E-state index is 5.60. The molecular formula is C15H24N2. The number of anilines is 1. The topological polar surface area (TPSA) is 29.3 Å². The van der Waals surface area contributed by atoms with Gasteiger partial charge in [-0.25, -0.2) is 0 Å². The normalized spacial score (nSPS) is 15.0. The zero-order valence-electron chi connectivity index (χ0n) is 11.1. The Balaban J connectivity index is 2.18. The highest BCUT2D eigenvalue weighted by atomic mass is 15.2. The Morgan fingerprint density at radius 3 is 2.65 bits per heavy atom. The lowest BCUT2D eigenvalue weighted by Crippen LogP contribution is -2.27. The number of nitrogens with zero attached hydrogens (tertiary/aromatic N) is 1. The van der Waals surface area contributed by atoms with E-state index < -0.39 is 0 Å². The van der Waals surface area contributed by atoms with Gasteiger partial charge in [-0.05, 0) is 56.3 Å². The lowest BCUT2D eigenvalue weighted by molar-refractivity contribution is 0.760. The smallest absolute Gasteiger partial charge is 0.0398 e. The van der Waals surface area contributed by atoms with Crippen LogP contribution in [0, 0.1) is 6.92 Å². The van der Waals surface area contributed by atoms with E-state index in [2.05, 4.69) is 36.9 Å². The van der Waals surface area contributed by atoms with E-state index in [1.54, 1.807) is 0 Å². The van der Waals surface area contributed by atoms with Gasteiger partial charge in [-0.15, -0.1) is 0 Å². The van der Waals surface area contributed by atoms with Crippen molar-refractivity contribution < 1.29 is 0 Å². The van der Waals surface area contributed by atoms with Crippen molar-refractivity contribution in [2.75, 3.05) is 18.0 Å². The summed E-state index contributed by atoms with van der Waals surface area (Å²) in [5.41, 5.74) is 9.79. The monoisotopic (exact) mass is 232 g/mol. The summed E-state index contributed by atoms with van der Waals surface area (Å²) in [5, 5.41) is 0. The third-order valence-corrected chi connectivity index (χ3v) is 3.46. The van der Waals surface area contributed by atoms with Crippen molar-refractivity contribution in [1.29, 1.82) is 0 Å². The summed E-state index contributed by atoms with van der Waals surface area (Å²) in [6.45, 7) is 6.40. The van der Waals surface area contributed by atoms with Crippen LogP contribution in [0.5, 0.6) is 0 Å². The predicted molar refractivity (Wildman–Crippen MR) is 74.6 cm³/mol. The molecule has 0 saturated heterocycles. The number of hydrogen-bond acceptors (Lipinski definition) is 2. The Morgan fingerprint density at radius 2 is 2.12 bits per heavy atom. The van der Waals surface area contributed by atoms with Crippen LogP contribution in [0.2, 0.25) is 0 Å². The minimum Gasteiger partial charge on any atom is -0.368 e. The van der Waals surface area contributed by atoms with Gasteiger partial charge in [-0.1, -0.05) is 19.1 Å². The van der Waals surface area contributed by atoms with Gasteiger partial charge in [0, 0.05) is 18.3 Å². The molecule has 0 bridgehead atoms. The Hall–Kier alpha value is -1.02. The molecule has 1 aliphatic carbocycles. The van der Waals surface area contributed by atoms with Crippen LogP contribution in [-0.4, -0.2) is 19.1 Å². The predicted octanol–water partition coefficient (Wildman–Crippen LogP) is 2.88. The second-order valence-electron chi connectivity index (χ2n) is 5.08. The largest absolute Gasteiger partial charge is 0.368 e. The first-order valence-corrected chi connectivity index (χ1v) is 6.82. The van der Waals surface area contributed by atoms with Gasteiger partial charge < -0.3 is 10.6 Å². The van der Waals surface area contributed by atoms with E-state index in [1.165, 1.54) is 42.6 Å². The molecule has 0 aromatic heterocycles. The molecule has 17 heavy (non-hydrogen) atoms. The Kier molecular flexibility index (Phi) is 4.06. The summed E-state index contributed by atoms with van der Waals surface area (Å²) in [6, 6.07) is 7.62. The first-order chi connectivity index (χ1) is 8.26. The molecule has 0 amide bonds. The third-order valence-electron chi connectivity index (χ3n) is 3.46. The molecule has 1 saturated carbocycles. The van der Waals surface area contributed by atoms with E-state index >= 15 is 0 Å². The molecule has 0 heterocycles. The van der Waals surface area contributed by atoms with Crippen LogP contribution in [0.15, 0.2) is 18.2 Å². The fourth-order valence-corrected chi connectivity index (χ4v) is 2.49. The first-order valence-electron chi connectivity index (χ1n) is 6.82. The van der Waals surface area contributed by atoms with Crippen LogP contribution < -0.4 is 10.6 Å². The molecule has 1 aromatic carbocycles. The average molecular weight is 232 g/mol. The van der Waals surface area contributed by atoms with Crippen molar-refractivity contribution in [3.05, 3.63) is 29.3 Å². The second kappa shape index (κ2) is 5.54. The number of benzene rings is 1. The molecule has 2 N–H and O–H groups in total. The van der Waals surface area contributed by atoms with Gasteiger partial charge in [-0.3, -0.25) is 0 Å². The second-order valence-corrected chi connectivity index (χ2v) is 5.08. The van der Waals surface area contributed by atoms with Gasteiger partial charge in [-0.2, -0.15) is 0 Å².